The molecule has 29 heavy (non-hydrogen) atoms. The van der Waals surface area contributed by atoms with Gasteiger partial charge in [0.2, 0.25) is 10.0 Å². The van der Waals surface area contributed by atoms with Crippen molar-refractivity contribution in [2.24, 2.45) is 0 Å². The molecule has 0 amide bonds. The van der Waals surface area contributed by atoms with Gasteiger partial charge in [-0.25, -0.2) is 17.8 Å². The molecule has 4 rings (SSSR count). The number of quaternary nitrogens is 1. The van der Waals surface area contributed by atoms with Crippen LogP contribution in [0, 0.1) is 12.7 Å². The summed E-state index contributed by atoms with van der Waals surface area (Å²) in [4.78, 5) is 17.8. The number of fused-ring (bicyclic) bond motifs is 1. The van der Waals surface area contributed by atoms with Crippen LogP contribution in [0.4, 0.5) is 4.39 Å². The number of aromatic nitrogens is 2. The maximum absolute atomic E-state index is 13.9. The highest BCUT2D eigenvalue weighted by Crippen LogP contribution is 2.18. The summed E-state index contributed by atoms with van der Waals surface area (Å²) in [5.41, 5.74) is 1.99. The van der Waals surface area contributed by atoms with Crippen LogP contribution >= 0.6 is 0 Å². The van der Waals surface area contributed by atoms with Gasteiger partial charge in [-0.2, -0.15) is 4.31 Å². The van der Waals surface area contributed by atoms with Crippen molar-refractivity contribution in [2.45, 2.75) is 18.4 Å². The summed E-state index contributed by atoms with van der Waals surface area (Å²) in [6, 6.07) is 12.5. The van der Waals surface area contributed by atoms with E-state index in [0.717, 1.165) is 16.7 Å². The Balaban J connectivity index is 1.48. The van der Waals surface area contributed by atoms with E-state index in [2.05, 4.69) is 4.98 Å². The molecular formula is C20H22FN4O3S+. The Morgan fingerprint density at radius 1 is 1.10 bits per heavy atom. The monoisotopic (exact) mass is 417 g/mol. The largest absolute Gasteiger partial charge is 0.328 e. The van der Waals surface area contributed by atoms with Gasteiger partial charge in [0.15, 0.2) is 0 Å². The van der Waals surface area contributed by atoms with Crippen LogP contribution in [0.25, 0.3) is 5.65 Å². The van der Waals surface area contributed by atoms with E-state index in [0.29, 0.717) is 31.0 Å². The van der Waals surface area contributed by atoms with Gasteiger partial charge in [-0.15, -0.1) is 0 Å². The Morgan fingerprint density at radius 2 is 1.83 bits per heavy atom. The first-order chi connectivity index (χ1) is 13.9. The Morgan fingerprint density at radius 3 is 2.55 bits per heavy atom. The van der Waals surface area contributed by atoms with Crippen molar-refractivity contribution in [3.63, 3.8) is 0 Å². The summed E-state index contributed by atoms with van der Waals surface area (Å²) >= 11 is 0. The zero-order valence-corrected chi connectivity index (χ0v) is 16.8. The van der Waals surface area contributed by atoms with Gasteiger partial charge < -0.3 is 4.90 Å². The molecule has 152 valence electrons. The maximum atomic E-state index is 13.9. The van der Waals surface area contributed by atoms with E-state index in [1.807, 2.05) is 19.1 Å². The number of halogens is 1. The fraction of sp³-hybridized carbons (Fsp3) is 0.300. The number of pyridine rings is 1. The summed E-state index contributed by atoms with van der Waals surface area (Å²) in [7, 11) is -3.85. The van der Waals surface area contributed by atoms with Crippen LogP contribution < -0.4 is 10.5 Å². The third-order valence-electron chi connectivity index (χ3n) is 5.25. The second-order valence-electron chi connectivity index (χ2n) is 7.21. The first-order valence-corrected chi connectivity index (χ1v) is 10.9. The first kappa shape index (κ1) is 19.7. The molecule has 3 heterocycles. The fourth-order valence-corrected chi connectivity index (χ4v) is 5.23. The molecular weight excluding hydrogens is 395 g/mol. The second-order valence-corrected chi connectivity index (χ2v) is 9.11. The zero-order chi connectivity index (χ0) is 20.6. The Kier molecular flexibility index (Phi) is 5.20. The van der Waals surface area contributed by atoms with Crippen LogP contribution in [-0.4, -0.2) is 48.3 Å². The predicted octanol–water partition coefficient (Wildman–Crippen LogP) is 0.231. The predicted molar refractivity (Wildman–Crippen MR) is 106 cm³/mol. The molecule has 1 aliphatic heterocycles. The zero-order valence-electron chi connectivity index (χ0n) is 16.0. The van der Waals surface area contributed by atoms with Gasteiger partial charge >= 0.3 is 0 Å². The lowest BCUT2D eigenvalue weighted by molar-refractivity contribution is -0.917. The van der Waals surface area contributed by atoms with E-state index >= 15 is 0 Å². The lowest BCUT2D eigenvalue weighted by Crippen LogP contribution is -3.13. The topological polar surface area (TPSA) is 76.2 Å². The molecule has 0 saturated carbocycles. The number of sulfonamides is 1. The number of hydrogen-bond acceptors (Lipinski definition) is 4. The minimum atomic E-state index is -3.85. The van der Waals surface area contributed by atoms with Crippen molar-refractivity contribution < 1.29 is 17.7 Å². The van der Waals surface area contributed by atoms with Crippen molar-refractivity contribution in [2.75, 3.05) is 26.2 Å². The van der Waals surface area contributed by atoms with Gasteiger partial charge in [0.25, 0.3) is 5.56 Å². The molecule has 9 heteroatoms. The summed E-state index contributed by atoms with van der Waals surface area (Å²) in [5.74, 6) is -0.738. The number of benzene rings is 1. The number of hydrogen-bond donors (Lipinski definition) is 1. The molecule has 0 radical (unpaired) electrons. The molecule has 1 aromatic carbocycles. The lowest BCUT2D eigenvalue weighted by Gasteiger charge is -2.31. The van der Waals surface area contributed by atoms with E-state index in [1.54, 1.807) is 10.5 Å². The summed E-state index contributed by atoms with van der Waals surface area (Å²) in [5, 5.41) is 0. The van der Waals surface area contributed by atoms with Gasteiger partial charge in [-0.3, -0.25) is 9.20 Å². The van der Waals surface area contributed by atoms with Gasteiger partial charge in [0.05, 0.1) is 26.2 Å². The highest BCUT2D eigenvalue weighted by Gasteiger charge is 2.32. The van der Waals surface area contributed by atoms with Crippen molar-refractivity contribution in [3.8, 4) is 0 Å². The minimum absolute atomic E-state index is 0.122. The normalized spacial score (nSPS) is 16.3. The number of aryl methyl sites for hydroxylation is 1. The van der Waals surface area contributed by atoms with E-state index in [-0.39, 0.29) is 23.5 Å². The highest BCUT2D eigenvalue weighted by molar-refractivity contribution is 7.89. The van der Waals surface area contributed by atoms with E-state index < -0.39 is 15.8 Å². The molecule has 0 bridgehead atoms. The SMILES string of the molecule is Cc1cccc2nc(C[NH+]3CCN(S(=O)(=O)c4ccccc4F)CC3)cc(=O)n12. The van der Waals surface area contributed by atoms with Crippen molar-refractivity contribution >= 4 is 15.7 Å². The number of piperazine rings is 1. The third kappa shape index (κ3) is 3.81. The van der Waals surface area contributed by atoms with Crippen LogP contribution in [0.1, 0.15) is 11.4 Å². The molecule has 0 atom stereocenters. The molecule has 0 aliphatic carbocycles. The summed E-state index contributed by atoms with van der Waals surface area (Å²) in [6.45, 7) is 4.09. The van der Waals surface area contributed by atoms with Crippen LogP contribution in [0.3, 0.4) is 0 Å². The van der Waals surface area contributed by atoms with Gasteiger partial charge in [-0.1, -0.05) is 18.2 Å². The molecule has 0 unspecified atom stereocenters. The highest BCUT2D eigenvalue weighted by atomic mass is 32.2. The van der Waals surface area contributed by atoms with E-state index in [4.69, 9.17) is 0 Å². The summed E-state index contributed by atoms with van der Waals surface area (Å²) in [6.07, 6.45) is 0. The number of nitrogens with one attached hydrogen (secondary N) is 1. The lowest BCUT2D eigenvalue weighted by atomic mass is 10.3. The molecule has 1 N–H and O–H groups in total. The van der Waals surface area contributed by atoms with E-state index in [9.17, 15) is 17.6 Å². The van der Waals surface area contributed by atoms with E-state index in [1.165, 1.54) is 28.6 Å². The maximum Gasteiger partial charge on any atom is 0.258 e. The Hall–Kier alpha value is -2.62. The van der Waals surface area contributed by atoms with Crippen LogP contribution in [-0.2, 0) is 16.6 Å². The Labute approximate surface area is 168 Å². The Bertz CT molecular complexity index is 1220. The van der Waals surface area contributed by atoms with Gasteiger partial charge in [0.1, 0.15) is 28.6 Å². The first-order valence-electron chi connectivity index (χ1n) is 9.43. The summed E-state index contributed by atoms with van der Waals surface area (Å²) < 4.78 is 42.3. The standard InChI is InChI=1S/C20H21FN4O3S/c1-15-5-4-8-19-22-16(13-20(26)25(15)19)14-23-9-11-24(12-10-23)29(27,28)18-7-3-2-6-17(18)21/h2-8,13H,9-12,14H2,1H3/p+1. The molecule has 1 fully saturated rings. The number of nitrogens with zero attached hydrogens (tertiary/aromatic N) is 3. The van der Waals surface area contributed by atoms with Crippen molar-refractivity contribution in [1.82, 2.24) is 13.7 Å². The smallest absolute Gasteiger partial charge is 0.258 e. The van der Waals surface area contributed by atoms with Crippen LogP contribution in [0.2, 0.25) is 0 Å². The molecule has 0 spiro atoms. The molecule has 3 aromatic rings. The number of rotatable bonds is 4. The van der Waals surface area contributed by atoms with Crippen molar-refractivity contribution in [3.05, 3.63) is 76.1 Å². The average Bonchev–Trinajstić information content (AvgIpc) is 2.68. The minimum Gasteiger partial charge on any atom is -0.328 e. The molecule has 1 aliphatic rings. The molecule has 2 aromatic heterocycles. The van der Waals surface area contributed by atoms with Gasteiger partial charge in [0, 0.05) is 11.8 Å². The fourth-order valence-electron chi connectivity index (χ4n) is 3.72. The second kappa shape index (κ2) is 7.66. The average molecular weight is 417 g/mol. The van der Waals surface area contributed by atoms with Crippen LogP contribution in [0.5, 0.6) is 0 Å². The molecule has 7 nitrogen and oxygen atoms in total. The third-order valence-corrected chi connectivity index (χ3v) is 7.18. The van der Waals surface area contributed by atoms with Crippen molar-refractivity contribution in [1.29, 1.82) is 0 Å². The van der Waals surface area contributed by atoms with Gasteiger partial charge in [-0.05, 0) is 31.2 Å². The van der Waals surface area contributed by atoms with Crippen LogP contribution in [0.15, 0.2) is 58.2 Å². The molecule has 1 saturated heterocycles. The quantitative estimate of drug-likeness (QED) is 0.660.